The standard InChI is InChI=1S/C16H17ClFNO/c1-10-6-7-13(17)15(8-10)20-16-12(9-11(2)19)4-3-5-14(16)18/h3-8,11H,9,19H2,1-2H3. The second-order valence-electron chi connectivity index (χ2n) is 4.95. The molecule has 20 heavy (non-hydrogen) atoms. The Balaban J connectivity index is 2.39. The van der Waals surface area contributed by atoms with Crippen molar-refractivity contribution in [1.29, 1.82) is 0 Å². The third-order valence-corrected chi connectivity index (χ3v) is 3.20. The number of hydrogen-bond acceptors (Lipinski definition) is 2. The number of halogens is 2. The monoisotopic (exact) mass is 293 g/mol. The molecule has 0 aliphatic heterocycles. The summed E-state index contributed by atoms with van der Waals surface area (Å²) in [6.07, 6.45) is 0.538. The zero-order valence-electron chi connectivity index (χ0n) is 11.5. The first-order chi connectivity index (χ1) is 9.47. The van der Waals surface area contributed by atoms with Crippen LogP contribution < -0.4 is 10.5 Å². The van der Waals surface area contributed by atoms with Crippen LogP contribution in [0.1, 0.15) is 18.1 Å². The molecule has 0 radical (unpaired) electrons. The Morgan fingerprint density at radius 2 is 2.05 bits per heavy atom. The number of rotatable bonds is 4. The van der Waals surface area contributed by atoms with Gasteiger partial charge in [-0.2, -0.15) is 0 Å². The molecule has 0 heterocycles. The van der Waals surface area contributed by atoms with E-state index in [4.69, 9.17) is 22.1 Å². The zero-order chi connectivity index (χ0) is 14.7. The van der Waals surface area contributed by atoms with Crippen LogP contribution in [0.15, 0.2) is 36.4 Å². The summed E-state index contributed by atoms with van der Waals surface area (Å²) in [5.41, 5.74) is 7.52. The van der Waals surface area contributed by atoms with Crippen LogP contribution in [0.4, 0.5) is 4.39 Å². The van der Waals surface area contributed by atoms with E-state index in [1.165, 1.54) is 6.07 Å². The lowest BCUT2D eigenvalue weighted by atomic mass is 10.1. The van der Waals surface area contributed by atoms with Gasteiger partial charge < -0.3 is 10.5 Å². The van der Waals surface area contributed by atoms with Crippen molar-refractivity contribution < 1.29 is 9.13 Å². The van der Waals surface area contributed by atoms with Gasteiger partial charge in [-0.3, -0.25) is 0 Å². The summed E-state index contributed by atoms with van der Waals surface area (Å²) in [5.74, 6) is 0.223. The Labute approximate surface area is 123 Å². The predicted molar refractivity (Wildman–Crippen MR) is 80.0 cm³/mol. The summed E-state index contributed by atoms with van der Waals surface area (Å²) < 4.78 is 19.7. The number of para-hydroxylation sites is 1. The van der Waals surface area contributed by atoms with Crippen LogP contribution in [0.5, 0.6) is 11.5 Å². The van der Waals surface area contributed by atoms with E-state index in [-0.39, 0.29) is 11.8 Å². The smallest absolute Gasteiger partial charge is 0.166 e. The van der Waals surface area contributed by atoms with Crippen LogP contribution in [0.2, 0.25) is 5.02 Å². The predicted octanol–water partition coefficient (Wildman–Crippen LogP) is 4.47. The summed E-state index contributed by atoms with van der Waals surface area (Å²) in [6, 6.07) is 10.1. The Bertz CT molecular complexity index is 613. The summed E-state index contributed by atoms with van der Waals surface area (Å²) >= 11 is 6.08. The maximum atomic E-state index is 14.0. The van der Waals surface area contributed by atoms with Crippen LogP contribution in [0, 0.1) is 12.7 Å². The fourth-order valence-electron chi connectivity index (χ4n) is 1.97. The largest absolute Gasteiger partial charge is 0.452 e. The molecule has 1 atom stereocenters. The van der Waals surface area contributed by atoms with E-state index >= 15 is 0 Å². The van der Waals surface area contributed by atoms with Crippen LogP contribution in [0.25, 0.3) is 0 Å². The van der Waals surface area contributed by atoms with E-state index in [2.05, 4.69) is 0 Å². The molecule has 0 aliphatic carbocycles. The topological polar surface area (TPSA) is 35.2 Å². The van der Waals surface area contributed by atoms with Gasteiger partial charge in [-0.25, -0.2) is 4.39 Å². The van der Waals surface area contributed by atoms with E-state index in [1.54, 1.807) is 18.2 Å². The van der Waals surface area contributed by atoms with Crippen LogP contribution in [-0.4, -0.2) is 6.04 Å². The second-order valence-corrected chi connectivity index (χ2v) is 5.35. The lowest BCUT2D eigenvalue weighted by Crippen LogP contribution is -2.18. The molecule has 0 aliphatic rings. The molecule has 0 amide bonds. The van der Waals surface area contributed by atoms with E-state index in [0.29, 0.717) is 17.2 Å². The first-order valence-electron chi connectivity index (χ1n) is 6.44. The van der Waals surface area contributed by atoms with Gasteiger partial charge in [-0.15, -0.1) is 0 Å². The molecular weight excluding hydrogens is 277 g/mol. The summed E-state index contributed by atoms with van der Waals surface area (Å²) in [7, 11) is 0. The van der Waals surface area contributed by atoms with Gasteiger partial charge >= 0.3 is 0 Å². The van der Waals surface area contributed by atoms with Crippen LogP contribution >= 0.6 is 11.6 Å². The molecule has 0 bridgehead atoms. The van der Waals surface area contributed by atoms with Gasteiger partial charge in [0.2, 0.25) is 0 Å². The Hall–Kier alpha value is -1.58. The van der Waals surface area contributed by atoms with Crippen molar-refractivity contribution in [1.82, 2.24) is 0 Å². The average molecular weight is 294 g/mol. The summed E-state index contributed by atoms with van der Waals surface area (Å²) in [4.78, 5) is 0. The molecular formula is C16H17ClFNO. The van der Waals surface area contributed by atoms with Crippen molar-refractivity contribution in [3.63, 3.8) is 0 Å². The number of nitrogens with two attached hydrogens (primary N) is 1. The second kappa shape index (κ2) is 6.25. The minimum atomic E-state index is -0.416. The summed E-state index contributed by atoms with van der Waals surface area (Å²) in [5, 5.41) is 0.450. The molecule has 1 unspecified atom stereocenters. The fraction of sp³-hybridized carbons (Fsp3) is 0.250. The molecule has 0 saturated heterocycles. The highest BCUT2D eigenvalue weighted by atomic mass is 35.5. The first kappa shape index (κ1) is 14.8. The highest BCUT2D eigenvalue weighted by Gasteiger charge is 2.14. The SMILES string of the molecule is Cc1ccc(Cl)c(Oc2c(F)cccc2CC(C)N)c1. The average Bonchev–Trinajstić information content (AvgIpc) is 2.37. The number of hydrogen-bond donors (Lipinski definition) is 1. The van der Waals surface area contributed by atoms with Crippen LogP contribution in [-0.2, 0) is 6.42 Å². The van der Waals surface area contributed by atoms with Gasteiger partial charge in [0.25, 0.3) is 0 Å². The number of ether oxygens (including phenoxy) is 1. The lowest BCUT2D eigenvalue weighted by Gasteiger charge is -2.14. The Morgan fingerprint density at radius 3 is 2.75 bits per heavy atom. The quantitative estimate of drug-likeness (QED) is 0.902. The molecule has 0 aromatic heterocycles. The molecule has 2 aromatic carbocycles. The van der Waals surface area contributed by atoms with Crippen molar-refractivity contribution in [2.45, 2.75) is 26.3 Å². The van der Waals surface area contributed by atoms with Gasteiger partial charge in [0.1, 0.15) is 5.75 Å². The van der Waals surface area contributed by atoms with Gasteiger partial charge in [-0.05, 0) is 49.6 Å². The molecule has 0 fully saturated rings. The Morgan fingerprint density at radius 1 is 1.30 bits per heavy atom. The van der Waals surface area contributed by atoms with Crippen molar-refractivity contribution in [3.05, 3.63) is 58.4 Å². The summed E-state index contributed by atoms with van der Waals surface area (Å²) in [6.45, 7) is 3.79. The molecule has 106 valence electrons. The first-order valence-corrected chi connectivity index (χ1v) is 6.82. The molecule has 0 spiro atoms. The van der Waals surface area contributed by atoms with E-state index in [1.807, 2.05) is 26.0 Å². The number of aryl methyl sites for hydroxylation is 1. The van der Waals surface area contributed by atoms with Gasteiger partial charge in [0, 0.05) is 6.04 Å². The van der Waals surface area contributed by atoms with Crippen molar-refractivity contribution in [3.8, 4) is 11.5 Å². The molecule has 2 aromatic rings. The fourth-order valence-corrected chi connectivity index (χ4v) is 2.13. The lowest BCUT2D eigenvalue weighted by molar-refractivity contribution is 0.434. The van der Waals surface area contributed by atoms with Crippen molar-refractivity contribution in [2.75, 3.05) is 0 Å². The van der Waals surface area contributed by atoms with E-state index < -0.39 is 5.82 Å². The highest BCUT2D eigenvalue weighted by Crippen LogP contribution is 2.34. The van der Waals surface area contributed by atoms with Crippen molar-refractivity contribution >= 4 is 11.6 Å². The third kappa shape index (κ3) is 3.50. The number of benzene rings is 2. The molecule has 0 saturated carbocycles. The van der Waals surface area contributed by atoms with Crippen molar-refractivity contribution in [2.24, 2.45) is 5.73 Å². The van der Waals surface area contributed by atoms with Gasteiger partial charge in [0.05, 0.1) is 5.02 Å². The third-order valence-electron chi connectivity index (χ3n) is 2.89. The maximum absolute atomic E-state index is 14.0. The minimum Gasteiger partial charge on any atom is -0.452 e. The minimum absolute atomic E-state index is 0.0767. The van der Waals surface area contributed by atoms with Gasteiger partial charge in [0.15, 0.2) is 11.6 Å². The van der Waals surface area contributed by atoms with Gasteiger partial charge in [-0.1, -0.05) is 29.8 Å². The maximum Gasteiger partial charge on any atom is 0.166 e. The molecule has 2 nitrogen and oxygen atoms in total. The zero-order valence-corrected chi connectivity index (χ0v) is 12.2. The Kier molecular flexibility index (Phi) is 4.63. The highest BCUT2D eigenvalue weighted by molar-refractivity contribution is 6.32. The normalized spacial score (nSPS) is 12.2. The van der Waals surface area contributed by atoms with E-state index in [9.17, 15) is 4.39 Å². The van der Waals surface area contributed by atoms with E-state index in [0.717, 1.165) is 11.1 Å². The molecule has 2 rings (SSSR count). The molecule has 2 N–H and O–H groups in total. The van der Waals surface area contributed by atoms with Crippen LogP contribution in [0.3, 0.4) is 0 Å². The molecule has 4 heteroatoms.